The highest BCUT2D eigenvalue weighted by molar-refractivity contribution is 7.89. The van der Waals surface area contributed by atoms with Crippen LogP contribution in [0.1, 0.15) is 15.9 Å². The van der Waals surface area contributed by atoms with Gasteiger partial charge in [-0.1, -0.05) is 24.3 Å². The van der Waals surface area contributed by atoms with Crippen LogP contribution in [0.15, 0.2) is 53.1 Å². The summed E-state index contributed by atoms with van der Waals surface area (Å²) in [4.78, 5) is 12.8. The first-order chi connectivity index (χ1) is 11.9. The molecular weight excluding hydrogens is 342 g/mol. The lowest BCUT2D eigenvalue weighted by molar-refractivity contribution is 0.101. The third-order valence-electron chi connectivity index (χ3n) is 4.07. The number of methoxy groups -OCH3 is 2. The van der Waals surface area contributed by atoms with Crippen LogP contribution < -0.4 is 9.47 Å². The van der Waals surface area contributed by atoms with Crippen molar-refractivity contribution in [1.82, 2.24) is 4.31 Å². The van der Waals surface area contributed by atoms with Gasteiger partial charge in [0, 0.05) is 18.2 Å². The maximum absolute atomic E-state index is 12.8. The molecule has 0 N–H and O–H groups in total. The lowest BCUT2D eigenvalue weighted by atomic mass is 10.0. The number of ketones is 1. The molecule has 7 heteroatoms. The number of rotatable bonds is 3. The molecule has 0 saturated heterocycles. The summed E-state index contributed by atoms with van der Waals surface area (Å²) in [5.74, 6) is 0.554. The maximum atomic E-state index is 12.8. The van der Waals surface area contributed by atoms with Crippen LogP contribution in [-0.4, -0.2) is 39.8 Å². The van der Waals surface area contributed by atoms with E-state index in [4.69, 9.17) is 9.47 Å². The molecule has 25 heavy (non-hydrogen) atoms. The summed E-state index contributed by atoms with van der Waals surface area (Å²) in [5.41, 5.74) is 0.755. The molecule has 3 rings (SSSR count). The Balaban J connectivity index is 2.22. The lowest BCUT2D eigenvalue weighted by Crippen LogP contribution is -2.36. The Hall–Kier alpha value is -2.80. The fraction of sp³-hybridized carbons (Fsp3) is 0.167. The number of nitrogens with zero attached hydrogens (tertiary/aromatic N) is 1. The summed E-state index contributed by atoms with van der Waals surface area (Å²) in [6.45, 7) is 0. The number of hydrogen-bond acceptors (Lipinski definition) is 5. The minimum Gasteiger partial charge on any atom is -0.493 e. The van der Waals surface area contributed by atoms with Gasteiger partial charge in [0.2, 0.25) is 5.78 Å². The van der Waals surface area contributed by atoms with Gasteiger partial charge in [0.15, 0.2) is 11.5 Å². The Bertz CT molecular complexity index is 979. The van der Waals surface area contributed by atoms with Crippen molar-refractivity contribution < 1.29 is 22.7 Å². The molecule has 0 bridgehead atoms. The largest absolute Gasteiger partial charge is 0.493 e. The van der Waals surface area contributed by atoms with Crippen LogP contribution in [-0.2, 0) is 10.0 Å². The molecule has 1 aliphatic heterocycles. The number of fused-ring (bicyclic) bond motifs is 1. The maximum Gasteiger partial charge on any atom is 0.264 e. The number of carbonyl (C=O) groups is 1. The molecule has 0 unspecified atom stereocenters. The van der Waals surface area contributed by atoms with Gasteiger partial charge in [0.25, 0.3) is 10.0 Å². The van der Waals surface area contributed by atoms with E-state index in [2.05, 4.69) is 0 Å². The number of allylic oxidation sites excluding steroid dienone is 1. The van der Waals surface area contributed by atoms with E-state index in [0.717, 1.165) is 4.31 Å². The van der Waals surface area contributed by atoms with Crippen LogP contribution >= 0.6 is 0 Å². The summed E-state index contributed by atoms with van der Waals surface area (Å²) >= 11 is 0. The lowest BCUT2D eigenvalue weighted by Gasteiger charge is -2.28. The van der Waals surface area contributed by atoms with Gasteiger partial charge in [0.1, 0.15) is 5.70 Å². The molecule has 0 saturated carbocycles. The molecule has 0 amide bonds. The van der Waals surface area contributed by atoms with Crippen molar-refractivity contribution >= 4 is 21.9 Å². The normalized spacial score (nSPS) is 17.3. The minimum absolute atomic E-state index is 0.0113. The molecule has 0 fully saturated rings. The smallest absolute Gasteiger partial charge is 0.264 e. The Morgan fingerprint density at radius 1 is 1.00 bits per heavy atom. The average Bonchev–Trinajstić information content (AvgIpc) is 2.63. The van der Waals surface area contributed by atoms with Crippen LogP contribution in [0.5, 0.6) is 11.5 Å². The number of para-hydroxylation sites is 1. The zero-order chi connectivity index (χ0) is 18.2. The highest BCUT2D eigenvalue weighted by Crippen LogP contribution is 2.36. The monoisotopic (exact) mass is 359 g/mol. The molecule has 2 aromatic rings. The fourth-order valence-electron chi connectivity index (χ4n) is 2.77. The average molecular weight is 359 g/mol. The third kappa shape index (κ3) is 2.66. The zero-order valence-corrected chi connectivity index (χ0v) is 14.8. The summed E-state index contributed by atoms with van der Waals surface area (Å²) < 4.78 is 37.0. The molecular formula is C18H17NO5S. The molecule has 6 nitrogen and oxygen atoms in total. The van der Waals surface area contributed by atoms with E-state index in [0.29, 0.717) is 17.1 Å². The van der Waals surface area contributed by atoms with Crippen molar-refractivity contribution in [2.75, 3.05) is 21.3 Å². The number of Topliss-reactive ketones (excluding diaryl/α,β-unsaturated/α-hetero) is 1. The van der Waals surface area contributed by atoms with E-state index >= 15 is 0 Å². The zero-order valence-electron chi connectivity index (χ0n) is 14.0. The predicted molar refractivity (Wildman–Crippen MR) is 93.2 cm³/mol. The molecule has 1 aliphatic rings. The van der Waals surface area contributed by atoms with E-state index < -0.39 is 10.0 Å². The van der Waals surface area contributed by atoms with Crippen molar-refractivity contribution in [3.8, 4) is 11.5 Å². The number of sulfonamides is 1. The van der Waals surface area contributed by atoms with E-state index in [1.54, 1.807) is 30.3 Å². The van der Waals surface area contributed by atoms with E-state index in [1.807, 2.05) is 0 Å². The molecule has 0 aliphatic carbocycles. The van der Waals surface area contributed by atoms with E-state index in [9.17, 15) is 13.2 Å². The SMILES string of the molecule is COc1cccc(C=C2C(=O)c3ccccc3S(=O)(=O)N2C)c1OC. The predicted octanol–water partition coefficient (Wildman–Crippen LogP) is 2.56. The second-order valence-corrected chi connectivity index (χ2v) is 7.35. The first kappa shape index (κ1) is 17.0. The number of likely N-dealkylation sites (N-methyl/N-ethyl adjacent to an activating group) is 1. The second-order valence-electron chi connectivity index (χ2n) is 5.41. The van der Waals surface area contributed by atoms with Crippen LogP contribution in [0.25, 0.3) is 6.08 Å². The Kier molecular flexibility index (Phi) is 4.26. The van der Waals surface area contributed by atoms with Gasteiger partial charge >= 0.3 is 0 Å². The van der Waals surface area contributed by atoms with Gasteiger partial charge in [-0.05, 0) is 24.3 Å². The van der Waals surface area contributed by atoms with Gasteiger partial charge < -0.3 is 9.47 Å². The molecule has 130 valence electrons. The van der Waals surface area contributed by atoms with Crippen molar-refractivity contribution in [3.63, 3.8) is 0 Å². The third-order valence-corrected chi connectivity index (χ3v) is 5.90. The summed E-state index contributed by atoms with van der Waals surface area (Å²) in [6, 6.07) is 11.4. The van der Waals surface area contributed by atoms with Crippen molar-refractivity contribution in [1.29, 1.82) is 0 Å². The van der Waals surface area contributed by atoms with Crippen LogP contribution in [0.3, 0.4) is 0 Å². The number of ether oxygens (including phenoxy) is 2. The van der Waals surface area contributed by atoms with Gasteiger partial charge in [-0.15, -0.1) is 0 Å². The van der Waals surface area contributed by atoms with E-state index in [1.165, 1.54) is 39.5 Å². The summed E-state index contributed by atoms with van der Waals surface area (Å²) in [7, 11) is 0.568. The number of carbonyl (C=O) groups excluding carboxylic acids is 1. The molecule has 0 radical (unpaired) electrons. The van der Waals surface area contributed by atoms with Crippen molar-refractivity contribution in [2.24, 2.45) is 0 Å². The van der Waals surface area contributed by atoms with E-state index in [-0.39, 0.29) is 21.9 Å². The van der Waals surface area contributed by atoms with Crippen LogP contribution in [0, 0.1) is 0 Å². The Morgan fingerprint density at radius 3 is 2.40 bits per heavy atom. The first-order valence-corrected chi connectivity index (χ1v) is 8.91. The summed E-state index contributed by atoms with van der Waals surface area (Å²) in [6.07, 6.45) is 1.50. The van der Waals surface area contributed by atoms with Gasteiger partial charge in [-0.3, -0.25) is 9.10 Å². The minimum atomic E-state index is -3.79. The van der Waals surface area contributed by atoms with Gasteiger partial charge in [-0.25, -0.2) is 8.42 Å². The van der Waals surface area contributed by atoms with Crippen LogP contribution in [0.2, 0.25) is 0 Å². The molecule has 2 aromatic carbocycles. The molecule has 0 aromatic heterocycles. The van der Waals surface area contributed by atoms with Crippen LogP contribution in [0.4, 0.5) is 0 Å². The highest BCUT2D eigenvalue weighted by Gasteiger charge is 2.37. The molecule has 1 heterocycles. The highest BCUT2D eigenvalue weighted by atomic mass is 32.2. The van der Waals surface area contributed by atoms with Crippen molar-refractivity contribution in [3.05, 3.63) is 59.3 Å². The summed E-state index contributed by atoms with van der Waals surface area (Å²) in [5, 5.41) is 0. The Morgan fingerprint density at radius 2 is 1.72 bits per heavy atom. The van der Waals surface area contributed by atoms with Gasteiger partial charge in [0.05, 0.1) is 19.1 Å². The quantitative estimate of drug-likeness (QED) is 0.788. The number of hydrogen-bond donors (Lipinski definition) is 0. The topological polar surface area (TPSA) is 72.9 Å². The van der Waals surface area contributed by atoms with Crippen molar-refractivity contribution in [2.45, 2.75) is 4.90 Å². The molecule has 0 spiro atoms. The fourth-order valence-corrected chi connectivity index (χ4v) is 4.15. The first-order valence-electron chi connectivity index (χ1n) is 7.47. The second kappa shape index (κ2) is 6.25. The standard InChI is InChI=1S/C18H17NO5S/c1-19-14(11-12-7-6-9-15(23-2)18(12)24-3)17(20)13-8-4-5-10-16(13)25(19,21)22/h4-11H,1-3H3. The molecule has 0 atom stereocenters. The number of benzene rings is 2. The van der Waals surface area contributed by atoms with Gasteiger partial charge in [-0.2, -0.15) is 0 Å². The Labute approximate surface area is 146 Å².